The fourth-order valence-electron chi connectivity index (χ4n) is 1.39. The van der Waals surface area contributed by atoms with Gasteiger partial charge in [0.25, 0.3) is 0 Å². The van der Waals surface area contributed by atoms with Crippen LogP contribution in [-0.4, -0.2) is 22.1 Å². The van der Waals surface area contributed by atoms with Crippen LogP contribution in [0.15, 0.2) is 29.2 Å². The van der Waals surface area contributed by atoms with Crippen LogP contribution in [0.2, 0.25) is 0 Å². The highest BCUT2D eigenvalue weighted by Gasteiger charge is 2.05. The summed E-state index contributed by atoms with van der Waals surface area (Å²) in [6.45, 7) is 0.722. The Morgan fingerprint density at radius 3 is 3.00 bits per heavy atom. The Morgan fingerprint density at radius 2 is 2.31 bits per heavy atom. The first-order valence-electron chi connectivity index (χ1n) is 4.93. The summed E-state index contributed by atoms with van der Waals surface area (Å²) in [4.78, 5) is 10.3. The molecule has 1 N–H and O–H groups in total. The van der Waals surface area contributed by atoms with Gasteiger partial charge >= 0.3 is 0 Å². The Bertz CT molecular complexity index is 444. The Kier molecular flexibility index (Phi) is 3.48. The van der Waals surface area contributed by atoms with E-state index in [0.717, 1.165) is 12.4 Å². The van der Waals surface area contributed by atoms with Gasteiger partial charge in [-0.1, -0.05) is 0 Å². The van der Waals surface area contributed by atoms with Gasteiger partial charge in [0, 0.05) is 13.6 Å². The van der Waals surface area contributed by atoms with Crippen molar-refractivity contribution in [2.75, 3.05) is 11.9 Å². The predicted octanol–water partition coefficient (Wildman–Crippen LogP) is 1.67. The van der Waals surface area contributed by atoms with Crippen molar-refractivity contribution < 1.29 is 5.11 Å². The average molecular weight is 235 g/mol. The van der Waals surface area contributed by atoms with Crippen molar-refractivity contribution in [3.8, 4) is 0 Å². The fourth-order valence-corrected chi connectivity index (χ4v) is 2.05. The molecule has 2 aromatic rings. The Hall–Kier alpha value is -1.46. The second kappa shape index (κ2) is 5.05. The van der Waals surface area contributed by atoms with E-state index in [1.165, 1.54) is 5.56 Å². The molecule has 0 aliphatic rings. The minimum Gasteiger partial charge on any atom is -0.390 e. The van der Waals surface area contributed by atoms with Crippen LogP contribution in [0, 0.1) is 0 Å². The second-order valence-corrected chi connectivity index (χ2v) is 4.29. The lowest BCUT2D eigenvalue weighted by atomic mass is 10.3. The van der Waals surface area contributed by atoms with Crippen molar-refractivity contribution in [1.29, 1.82) is 0 Å². The molecule has 5 heteroatoms. The van der Waals surface area contributed by atoms with Crippen LogP contribution in [0.25, 0.3) is 0 Å². The summed E-state index contributed by atoms with van der Waals surface area (Å²) >= 11 is 1.68. The van der Waals surface area contributed by atoms with E-state index in [9.17, 15) is 0 Å². The molecule has 2 heterocycles. The van der Waals surface area contributed by atoms with E-state index in [4.69, 9.17) is 5.11 Å². The van der Waals surface area contributed by atoms with E-state index in [2.05, 4.69) is 26.8 Å². The van der Waals surface area contributed by atoms with Gasteiger partial charge in [0.05, 0.1) is 24.7 Å². The molecule has 0 fully saturated rings. The minimum atomic E-state index is -0.0763. The van der Waals surface area contributed by atoms with Gasteiger partial charge in [-0.15, -0.1) is 0 Å². The van der Waals surface area contributed by atoms with Gasteiger partial charge in [0.1, 0.15) is 5.82 Å². The first-order chi connectivity index (χ1) is 7.79. The lowest BCUT2D eigenvalue weighted by Crippen LogP contribution is -2.18. The monoisotopic (exact) mass is 235 g/mol. The third-order valence-electron chi connectivity index (χ3n) is 2.22. The molecule has 0 aliphatic carbocycles. The van der Waals surface area contributed by atoms with E-state index in [1.54, 1.807) is 23.7 Å². The van der Waals surface area contributed by atoms with Crippen molar-refractivity contribution >= 4 is 17.2 Å². The van der Waals surface area contributed by atoms with Gasteiger partial charge in [-0.25, -0.2) is 4.98 Å². The van der Waals surface area contributed by atoms with Crippen LogP contribution >= 0.6 is 11.3 Å². The van der Waals surface area contributed by atoms with Gasteiger partial charge in [-0.3, -0.25) is 4.98 Å². The molecule has 0 aliphatic heterocycles. The minimum absolute atomic E-state index is 0.0763. The molecule has 16 heavy (non-hydrogen) atoms. The normalized spacial score (nSPS) is 10.4. The third kappa shape index (κ3) is 2.56. The van der Waals surface area contributed by atoms with Crippen LogP contribution in [0.1, 0.15) is 11.3 Å². The molecule has 0 atom stereocenters. The fraction of sp³-hybridized carbons (Fsp3) is 0.273. The summed E-state index contributed by atoms with van der Waals surface area (Å²) in [6, 6.07) is 2.09. The first kappa shape index (κ1) is 11.0. The van der Waals surface area contributed by atoms with Gasteiger partial charge in [0.2, 0.25) is 0 Å². The number of anilines is 1. The third-order valence-corrected chi connectivity index (χ3v) is 2.96. The summed E-state index contributed by atoms with van der Waals surface area (Å²) in [6.07, 6.45) is 3.27. The Labute approximate surface area is 98.2 Å². The number of hydrogen-bond acceptors (Lipinski definition) is 5. The van der Waals surface area contributed by atoms with Crippen molar-refractivity contribution in [2.45, 2.75) is 13.2 Å². The molecule has 0 radical (unpaired) electrons. The quantitative estimate of drug-likeness (QED) is 0.875. The van der Waals surface area contributed by atoms with Gasteiger partial charge in [0.15, 0.2) is 0 Å². The van der Waals surface area contributed by atoms with Crippen LogP contribution in [0.4, 0.5) is 5.82 Å². The molecule has 0 amide bonds. The molecule has 0 unspecified atom stereocenters. The van der Waals surface area contributed by atoms with E-state index in [1.807, 2.05) is 11.9 Å². The SMILES string of the molecule is CN(Cc1ccsc1)c1cncc(CO)n1. The average Bonchev–Trinajstić information content (AvgIpc) is 2.82. The van der Waals surface area contributed by atoms with Crippen molar-refractivity contribution in [3.05, 3.63) is 40.5 Å². The zero-order valence-electron chi connectivity index (χ0n) is 9.00. The van der Waals surface area contributed by atoms with Crippen LogP contribution in [0.3, 0.4) is 0 Å². The van der Waals surface area contributed by atoms with E-state index < -0.39 is 0 Å². The maximum atomic E-state index is 8.98. The van der Waals surface area contributed by atoms with Crippen molar-refractivity contribution in [3.63, 3.8) is 0 Å². The number of aliphatic hydroxyl groups excluding tert-OH is 1. The molecule has 0 saturated heterocycles. The molecule has 2 rings (SSSR count). The largest absolute Gasteiger partial charge is 0.390 e. The van der Waals surface area contributed by atoms with E-state index in [0.29, 0.717) is 5.69 Å². The van der Waals surface area contributed by atoms with Crippen molar-refractivity contribution in [2.24, 2.45) is 0 Å². The number of hydrogen-bond donors (Lipinski definition) is 1. The summed E-state index contributed by atoms with van der Waals surface area (Å²) < 4.78 is 0. The number of thiophene rings is 1. The van der Waals surface area contributed by atoms with Crippen molar-refractivity contribution in [1.82, 2.24) is 9.97 Å². The van der Waals surface area contributed by atoms with Gasteiger partial charge in [-0.05, 0) is 22.4 Å². The molecule has 0 saturated carbocycles. The molecular formula is C11H13N3OS. The summed E-state index contributed by atoms with van der Waals surface area (Å²) in [7, 11) is 1.96. The molecule has 4 nitrogen and oxygen atoms in total. The first-order valence-corrected chi connectivity index (χ1v) is 5.88. The summed E-state index contributed by atoms with van der Waals surface area (Å²) in [5, 5.41) is 13.1. The molecule has 0 spiro atoms. The molecular weight excluding hydrogens is 222 g/mol. The zero-order valence-corrected chi connectivity index (χ0v) is 9.81. The standard InChI is InChI=1S/C11H13N3OS/c1-14(6-9-2-3-16-8-9)11-5-12-4-10(7-15)13-11/h2-5,8,15H,6-7H2,1H3. The van der Waals surface area contributed by atoms with E-state index >= 15 is 0 Å². The highest BCUT2D eigenvalue weighted by Crippen LogP contribution is 2.13. The smallest absolute Gasteiger partial charge is 0.147 e. The lowest BCUT2D eigenvalue weighted by Gasteiger charge is -2.17. The molecule has 84 valence electrons. The highest BCUT2D eigenvalue weighted by atomic mass is 32.1. The maximum absolute atomic E-state index is 8.98. The molecule has 2 aromatic heterocycles. The number of rotatable bonds is 4. The number of aromatic nitrogens is 2. The molecule has 0 aromatic carbocycles. The summed E-state index contributed by atoms with van der Waals surface area (Å²) in [5.74, 6) is 0.776. The summed E-state index contributed by atoms with van der Waals surface area (Å²) in [5.41, 5.74) is 1.85. The highest BCUT2D eigenvalue weighted by molar-refractivity contribution is 7.07. The van der Waals surface area contributed by atoms with Crippen LogP contribution < -0.4 is 4.90 Å². The topological polar surface area (TPSA) is 49.2 Å². The van der Waals surface area contributed by atoms with E-state index in [-0.39, 0.29) is 6.61 Å². The Balaban J connectivity index is 2.11. The predicted molar refractivity (Wildman–Crippen MR) is 64.4 cm³/mol. The zero-order chi connectivity index (χ0) is 11.4. The Morgan fingerprint density at radius 1 is 1.44 bits per heavy atom. The number of aliphatic hydroxyl groups is 1. The second-order valence-electron chi connectivity index (χ2n) is 3.51. The van der Waals surface area contributed by atoms with Crippen LogP contribution in [0.5, 0.6) is 0 Å². The lowest BCUT2D eigenvalue weighted by molar-refractivity contribution is 0.276. The maximum Gasteiger partial charge on any atom is 0.147 e. The van der Waals surface area contributed by atoms with Gasteiger partial charge in [-0.2, -0.15) is 11.3 Å². The molecule has 0 bridgehead atoms. The van der Waals surface area contributed by atoms with Gasteiger partial charge < -0.3 is 10.0 Å². The van der Waals surface area contributed by atoms with Crippen LogP contribution in [-0.2, 0) is 13.2 Å². The number of nitrogens with zero attached hydrogens (tertiary/aromatic N) is 3.